The first-order chi connectivity index (χ1) is 9.29. The van der Waals surface area contributed by atoms with Crippen LogP contribution in [0.15, 0.2) is 24.3 Å². The first kappa shape index (κ1) is 17.7. The van der Waals surface area contributed by atoms with Crippen LogP contribution in [-0.2, 0) is 6.54 Å². The van der Waals surface area contributed by atoms with Crippen LogP contribution < -0.4 is 0 Å². The fourth-order valence-electron chi connectivity index (χ4n) is 2.21. The molecule has 1 atom stereocenters. The summed E-state index contributed by atoms with van der Waals surface area (Å²) in [5.41, 5.74) is 2.33. The third kappa shape index (κ3) is 5.92. The van der Waals surface area contributed by atoms with E-state index in [-0.39, 0.29) is 0 Å². The van der Waals surface area contributed by atoms with Gasteiger partial charge in [0.1, 0.15) is 0 Å². The molecule has 0 saturated carbocycles. The number of aliphatic hydroxyl groups is 1. The number of aliphatic hydroxyl groups excluding tert-OH is 1. The summed E-state index contributed by atoms with van der Waals surface area (Å²) in [6.45, 7) is 9.73. The molecule has 1 aromatic rings. The number of nitrogens with zero attached hydrogens (tertiary/aromatic N) is 1. The summed E-state index contributed by atoms with van der Waals surface area (Å²) in [6.07, 6.45) is 6.80. The van der Waals surface area contributed by atoms with Gasteiger partial charge in [0, 0.05) is 25.8 Å². The Morgan fingerprint density at radius 1 is 1.32 bits per heavy atom. The molecule has 2 rings (SSSR count). The van der Waals surface area contributed by atoms with Crippen LogP contribution in [0.25, 0.3) is 0 Å². The maximum atomic E-state index is 7.00. The molecule has 1 aromatic carbocycles. The molecule has 0 aliphatic carbocycles. The average molecular weight is 261 g/mol. The molecule has 1 saturated heterocycles. The van der Waals surface area contributed by atoms with Gasteiger partial charge in [0.15, 0.2) is 0 Å². The number of hydrogen-bond acceptors (Lipinski definition) is 2. The quantitative estimate of drug-likeness (QED) is 0.827. The maximum Gasteiger partial charge on any atom is 0.0319 e. The number of likely N-dealkylation sites (tertiary alicyclic amines) is 1. The Morgan fingerprint density at radius 2 is 1.95 bits per heavy atom. The molecular formula is C17H27NO. The molecule has 0 amide bonds. The molecule has 0 spiro atoms. The minimum atomic E-state index is 0.836. The van der Waals surface area contributed by atoms with Crippen LogP contribution in [0.2, 0.25) is 0 Å². The largest absolute Gasteiger partial charge is 0.400 e. The van der Waals surface area contributed by atoms with Gasteiger partial charge in [0.2, 0.25) is 0 Å². The lowest BCUT2D eigenvalue weighted by atomic mass is 10.1. The monoisotopic (exact) mass is 261 g/mol. The van der Waals surface area contributed by atoms with Crippen molar-refractivity contribution in [2.24, 2.45) is 5.92 Å². The van der Waals surface area contributed by atoms with Crippen molar-refractivity contribution < 1.29 is 5.11 Å². The summed E-state index contributed by atoms with van der Waals surface area (Å²) in [4.78, 5) is 2.49. The van der Waals surface area contributed by atoms with Crippen molar-refractivity contribution in [2.75, 3.05) is 20.2 Å². The summed E-state index contributed by atoms with van der Waals surface area (Å²) in [6, 6.07) is 8.23. The van der Waals surface area contributed by atoms with E-state index in [1.54, 1.807) is 0 Å². The zero-order chi connectivity index (χ0) is 14.7. The number of hydrogen-bond donors (Lipinski definition) is 1. The van der Waals surface area contributed by atoms with E-state index in [9.17, 15) is 0 Å². The Hall–Kier alpha value is -1.30. The van der Waals surface area contributed by atoms with Crippen LogP contribution in [0.3, 0.4) is 0 Å². The van der Waals surface area contributed by atoms with Gasteiger partial charge in [-0.3, -0.25) is 4.90 Å². The maximum absolute atomic E-state index is 7.00. The van der Waals surface area contributed by atoms with Gasteiger partial charge < -0.3 is 5.11 Å². The Balaban J connectivity index is 0.000000741. The predicted molar refractivity (Wildman–Crippen MR) is 82.9 cm³/mol. The third-order valence-electron chi connectivity index (χ3n) is 3.07. The van der Waals surface area contributed by atoms with E-state index in [1.807, 2.05) is 26.0 Å². The van der Waals surface area contributed by atoms with Gasteiger partial charge in [-0.05, 0) is 30.5 Å². The molecule has 0 radical (unpaired) electrons. The summed E-state index contributed by atoms with van der Waals surface area (Å²) in [5.74, 6) is 3.59. The summed E-state index contributed by atoms with van der Waals surface area (Å²) in [5, 5.41) is 7.00. The molecule has 1 fully saturated rings. The van der Waals surface area contributed by atoms with Crippen LogP contribution in [0.1, 0.15) is 38.3 Å². The smallest absolute Gasteiger partial charge is 0.0319 e. The van der Waals surface area contributed by atoms with Crippen LogP contribution >= 0.6 is 0 Å². The average Bonchev–Trinajstić information content (AvgIpc) is 2.89. The van der Waals surface area contributed by atoms with Crippen LogP contribution in [-0.4, -0.2) is 30.2 Å². The van der Waals surface area contributed by atoms with E-state index in [4.69, 9.17) is 11.5 Å². The Labute approximate surface area is 118 Å². The molecule has 1 N–H and O–H groups in total. The third-order valence-corrected chi connectivity index (χ3v) is 3.07. The minimum Gasteiger partial charge on any atom is -0.400 e. The van der Waals surface area contributed by atoms with Crippen molar-refractivity contribution in [3.63, 3.8) is 0 Å². The second-order valence-corrected chi connectivity index (χ2v) is 4.43. The Morgan fingerprint density at radius 3 is 2.47 bits per heavy atom. The fourth-order valence-corrected chi connectivity index (χ4v) is 2.21. The van der Waals surface area contributed by atoms with E-state index in [2.05, 4.69) is 29.9 Å². The highest BCUT2D eigenvalue weighted by Gasteiger charge is 2.18. The van der Waals surface area contributed by atoms with Crippen molar-refractivity contribution in [2.45, 2.75) is 33.7 Å². The van der Waals surface area contributed by atoms with Gasteiger partial charge in [-0.1, -0.05) is 44.9 Å². The van der Waals surface area contributed by atoms with E-state index in [0.717, 1.165) is 25.1 Å². The Bertz CT molecular complexity index is 381. The first-order valence-corrected chi connectivity index (χ1v) is 7.01. The molecule has 2 heteroatoms. The van der Waals surface area contributed by atoms with Gasteiger partial charge in [-0.15, -0.1) is 6.42 Å². The summed E-state index contributed by atoms with van der Waals surface area (Å²) in [7, 11) is 1.00. The van der Waals surface area contributed by atoms with E-state index < -0.39 is 0 Å². The standard InChI is InChI=1S/C14H17N.C2H6.CH4O/c1-3-13-6-4-5-7-14(13)11-15-9-8-12(2)10-15;2*1-2/h1,4-7,12H,8-11H2,2H3;1-2H3;2H,1H3. The van der Waals surface area contributed by atoms with Crippen LogP contribution in [0.4, 0.5) is 0 Å². The van der Waals surface area contributed by atoms with Crippen molar-refractivity contribution in [1.29, 1.82) is 0 Å². The highest BCUT2D eigenvalue weighted by molar-refractivity contribution is 5.39. The van der Waals surface area contributed by atoms with Gasteiger partial charge in [0.05, 0.1) is 0 Å². The zero-order valence-corrected chi connectivity index (χ0v) is 12.7. The molecule has 1 aliphatic heterocycles. The van der Waals surface area contributed by atoms with Crippen molar-refractivity contribution in [1.82, 2.24) is 4.90 Å². The zero-order valence-electron chi connectivity index (χ0n) is 12.7. The van der Waals surface area contributed by atoms with Gasteiger partial charge in [-0.25, -0.2) is 0 Å². The second kappa shape index (κ2) is 10.6. The fraction of sp³-hybridized carbons (Fsp3) is 0.529. The normalized spacial score (nSPS) is 17.6. The molecule has 1 unspecified atom stereocenters. The molecule has 0 bridgehead atoms. The van der Waals surface area contributed by atoms with Crippen molar-refractivity contribution in [3.8, 4) is 12.3 Å². The molecule has 0 aromatic heterocycles. The predicted octanol–water partition coefficient (Wildman–Crippen LogP) is 3.14. The lowest BCUT2D eigenvalue weighted by Crippen LogP contribution is -2.20. The summed E-state index contributed by atoms with van der Waals surface area (Å²) >= 11 is 0. The van der Waals surface area contributed by atoms with Gasteiger partial charge in [-0.2, -0.15) is 0 Å². The Kier molecular flexibility index (Phi) is 9.88. The summed E-state index contributed by atoms with van der Waals surface area (Å²) < 4.78 is 0. The number of rotatable bonds is 2. The highest BCUT2D eigenvalue weighted by atomic mass is 16.2. The second-order valence-electron chi connectivity index (χ2n) is 4.43. The molecule has 1 aliphatic rings. The lowest BCUT2D eigenvalue weighted by Gasteiger charge is -2.16. The van der Waals surface area contributed by atoms with E-state index in [0.29, 0.717) is 0 Å². The first-order valence-electron chi connectivity index (χ1n) is 7.01. The topological polar surface area (TPSA) is 23.5 Å². The minimum absolute atomic E-state index is 0.836. The van der Waals surface area contributed by atoms with E-state index >= 15 is 0 Å². The van der Waals surface area contributed by atoms with Crippen molar-refractivity contribution in [3.05, 3.63) is 35.4 Å². The van der Waals surface area contributed by atoms with Crippen LogP contribution in [0, 0.1) is 18.3 Å². The number of terminal acetylenes is 1. The van der Waals surface area contributed by atoms with Gasteiger partial charge >= 0.3 is 0 Å². The number of benzene rings is 1. The molecule has 19 heavy (non-hydrogen) atoms. The SMILES string of the molecule is C#Cc1ccccc1CN1CCC(C)C1.CC.CO. The van der Waals surface area contributed by atoms with E-state index in [1.165, 1.54) is 25.1 Å². The van der Waals surface area contributed by atoms with Crippen molar-refractivity contribution >= 4 is 0 Å². The van der Waals surface area contributed by atoms with Gasteiger partial charge in [0.25, 0.3) is 0 Å². The molecule has 106 valence electrons. The molecule has 2 nitrogen and oxygen atoms in total. The lowest BCUT2D eigenvalue weighted by molar-refractivity contribution is 0.320. The van der Waals surface area contributed by atoms with Crippen LogP contribution in [0.5, 0.6) is 0 Å². The highest BCUT2D eigenvalue weighted by Crippen LogP contribution is 2.19. The molecular weight excluding hydrogens is 234 g/mol. The molecule has 1 heterocycles.